The summed E-state index contributed by atoms with van der Waals surface area (Å²) >= 11 is 0. The maximum Gasteiger partial charge on any atom is 0.243 e. The Bertz CT molecular complexity index is 634. The first-order chi connectivity index (χ1) is 11.7. The van der Waals surface area contributed by atoms with Gasteiger partial charge in [-0.3, -0.25) is 18.6 Å². The summed E-state index contributed by atoms with van der Waals surface area (Å²) in [6.45, 7) is 4.88. The Morgan fingerprint density at radius 2 is 1.72 bits per heavy atom. The van der Waals surface area contributed by atoms with Crippen molar-refractivity contribution in [3.05, 3.63) is 30.3 Å². The highest BCUT2D eigenvalue weighted by atomic mass is 32.2. The summed E-state index contributed by atoms with van der Waals surface area (Å²) in [5.41, 5.74) is 5.35. The van der Waals surface area contributed by atoms with Crippen LogP contribution in [0, 0.1) is 5.92 Å². The average molecular weight is 367 g/mol. The van der Waals surface area contributed by atoms with Gasteiger partial charge in [0.25, 0.3) is 0 Å². The SMILES string of the molecule is CC(=O)N[C@@H](C(=O)N[C@H](CC[S@@](=O)c1ccccc1)C(N)=O)C(C)C. The first-order valence-electron chi connectivity index (χ1n) is 8.02. The molecule has 0 aliphatic carbocycles. The first-order valence-corrected chi connectivity index (χ1v) is 9.34. The normalized spacial score (nSPS) is 14.4. The molecular weight excluding hydrogens is 342 g/mol. The van der Waals surface area contributed by atoms with E-state index in [2.05, 4.69) is 10.6 Å². The van der Waals surface area contributed by atoms with Crippen LogP contribution in [-0.2, 0) is 25.2 Å². The van der Waals surface area contributed by atoms with Gasteiger partial charge in [0.05, 0.1) is 10.8 Å². The summed E-state index contributed by atoms with van der Waals surface area (Å²) < 4.78 is 12.2. The van der Waals surface area contributed by atoms with E-state index >= 15 is 0 Å². The van der Waals surface area contributed by atoms with Crippen LogP contribution in [0.1, 0.15) is 27.2 Å². The zero-order valence-corrected chi connectivity index (χ0v) is 15.5. The van der Waals surface area contributed by atoms with Gasteiger partial charge in [-0.2, -0.15) is 0 Å². The molecule has 0 saturated carbocycles. The van der Waals surface area contributed by atoms with Crippen LogP contribution in [-0.4, -0.2) is 39.8 Å². The summed E-state index contributed by atoms with van der Waals surface area (Å²) in [5.74, 6) is -1.50. The van der Waals surface area contributed by atoms with Crippen LogP contribution in [0.3, 0.4) is 0 Å². The molecule has 3 atom stereocenters. The fraction of sp³-hybridized carbons (Fsp3) is 0.471. The zero-order chi connectivity index (χ0) is 19.0. The van der Waals surface area contributed by atoms with Crippen molar-refractivity contribution in [2.24, 2.45) is 11.7 Å². The molecule has 8 heteroatoms. The number of nitrogens with one attached hydrogen (secondary N) is 2. The van der Waals surface area contributed by atoms with E-state index in [4.69, 9.17) is 5.73 Å². The standard InChI is InChI=1S/C17H25N3O4S/c1-11(2)15(19-12(3)21)17(23)20-14(16(18)22)9-10-25(24)13-7-5-4-6-8-13/h4-8,11,14-15H,9-10H2,1-3H3,(H2,18,22)(H,19,21)(H,20,23)/t14-,15-,25-/m1/s1. The molecule has 4 N–H and O–H groups in total. The molecule has 0 saturated heterocycles. The van der Waals surface area contributed by atoms with Gasteiger partial charge in [-0.15, -0.1) is 0 Å². The smallest absolute Gasteiger partial charge is 0.243 e. The number of rotatable bonds is 9. The lowest BCUT2D eigenvalue weighted by atomic mass is 10.0. The molecule has 1 aromatic carbocycles. The topological polar surface area (TPSA) is 118 Å². The molecule has 138 valence electrons. The fourth-order valence-corrected chi connectivity index (χ4v) is 3.36. The minimum absolute atomic E-state index is 0.146. The molecule has 0 aliphatic rings. The average Bonchev–Trinajstić information content (AvgIpc) is 2.56. The van der Waals surface area contributed by atoms with Crippen molar-refractivity contribution in [2.45, 2.75) is 44.2 Å². The highest BCUT2D eigenvalue weighted by molar-refractivity contribution is 7.85. The van der Waals surface area contributed by atoms with E-state index in [1.54, 1.807) is 38.1 Å². The van der Waals surface area contributed by atoms with Gasteiger partial charge < -0.3 is 16.4 Å². The number of carbonyl (C=O) groups is 3. The molecule has 0 spiro atoms. The number of nitrogens with two attached hydrogens (primary N) is 1. The molecule has 0 fully saturated rings. The highest BCUT2D eigenvalue weighted by Crippen LogP contribution is 2.09. The van der Waals surface area contributed by atoms with Gasteiger partial charge in [0.2, 0.25) is 17.7 Å². The number of benzene rings is 1. The number of hydrogen-bond acceptors (Lipinski definition) is 4. The molecule has 1 rings (SSSR count). The van der Waals surface area contributed by atoms with Gasteiger partial charge in [0.15, 0.2) is 0 Å². The van der Waals surface area contributed by atoms with Gasteiger partial charge in [0.1, 0.15) is 12.1 Å². The zero-order valence-electron chi connectivity index (χ0n) is 14.7. The van der Waals surface area contributed by atoms with Crippen LogP contribution >= 0.6 is 0 Å². The van der Waals surface area contributed by atoms with Crippen molar-refractivity contribution in [2.75, 3.05) is 5.75 Å². The monoisotopic (exact) mass is 367 g/mol. The van der Waals surface area contributed by atoms with Gasteiger partial charge in [-0.25, -0.2) is 0 Å². The second-order valence-corrected chi connectivity index (χ2v) is 7.61. The van der Waals surface area contributed by atoms with Crippen LogP contribution < -0.4 is 16.4 Å². The molecule has 25 heavy (non-hydrogen) atoms. The molecule has 3 amide bonds. The summed E-state index contributed by atoms with van der Waals surface area (Å²) in [4.78, 5) is 35.8. The van der Waals surface area contributed by atoms with E-state index in [9.17, 15) is 18.6 Å². The molecule has 7 nitrogen and oxygen atoms in total. The summed E-state index contributed by atoms with van der Waals surface area (Å²) in [6.07, 6.45) is 0.146. The van der Waals surface area contributed by atoms with Crippen LogP contribution in [0.4, 0.5) is 0 Å². The highest BCUT2D eigenvalue weighted by Gasteiger charge is 2.27. The van der Waals surface area contributed by atoms with Gasteiger partial charge in [-0.1, -0.05) is 32.0 Å². The fourth-order valence-electron chi connectivity index (χ4n) is 2.22. The van der Waals surface area contributed by atoms with Crippen molar-refractivity contribution >= 4 is 28.5 Å². The van der Waals surface area contributed by atoms with E-state index in [-0.39, 0.29) is 24.0 Å². The Hall–Kier alpha value is -2.22. The Morgan fingerprint density at radius 3 is 2.20 bits per heavy atom. The number of amides is 3. The van der Waals surface area contributed by atoms with Crippen molar-refractivity contribution in [1.82, 2.24) is 10.6 Å². The molecule has 0 unspecified atom stereocenters. The third-order valence-corrected chi connectivity index (χ3v) is 4.97. The number of hydrogen-bond donors (Lipinski definition) is 3. The van der Waals surface area contributed by atoms with Gasteiger partial charge in [0, 0.05) is 17.6 Å². The van der Waals surface area contributed by atoms with Crippen molar-refractivity contribution in [3.63, 3.8) is 0 Å². The van der Waals surface area contributed by atoms with E-state index in [0.717, 1.165) is 0 Å². The summed E-state index contributed by atoms with van der Waals surface area (Å²) in [5, 5.41) is 5.10. The predicted octanol–water partition coefficient (Wildman–Crippen LogP) is 0.315. The second kappa shape index (κ2) is 9.93. The van der Waals surface area contributed by atoms with Crippen LogP contribution in [0.25, 0.3) is 0 Å². The van der Waals surface area contributed by atoms with E-state index < -0.39 is 34.7 Å². The Balaban J connectivity index is 2.70. The van der Waals surface area contributed by atoms with Crippen molar-refractivity contribution in [1.29, 1.82) is 0 Å². The molecule has 0 bridgehead atoms. The Kier molecular flexibility index (Phi) is 8.27. The Morgan fingerprint density at radius 1 is 1.12 bits per heavy atom. The lowest BCUT2D eigenvalue weighted by molar-refractivity contribution is -0.131. The van der Waals surface area contributed by atoms with Crippen molar-refractivity contribution < 1.29 is 18.6 Å². The first kappa shape index (κ1) is 20.8. The number of primary amides is 1. The molecule has 0 aromatic heterocycles. The Labute approximate surface area is 150 Å². The second-order valence-electron chi connectivity index (χ2n) is 6.04. The van der Waals surface area contributed by atoms with Crippen LogP contribution in [0.15, 0.2) is 35.2 Å². The maximum absolute atomic E-state index is 12.3. The summed E-state index contributed by atoms with van der Waals surface area (Å²) in [7, 11) is -1.29. The van der Waals surface area contributed by atoms with E-state index in [1.165, 1.54) is 6.92 Å². The van der Waals surface area contributed by atoms with Crippen LogP contribution in [0.5, 0.6) is 0 Å². The van der Waals surface area contributed by atoms with Crippen molar-refractivity contribution in [3.8, 4) is 0 Å². The predicted molar refractivity (Wildman–Crippen MR) is 95.9 cm³/mol. The molecule has 1 aromatic rings. The summed E-state index contributed by atoms with van der Waals surface area (Å²) in [6, 6.07) is 7.14. The lowest BCUT2D eigenvalue weighted by Gasteiger charge is -2.23. The van der Waals surface area contributed by atoms with E-state index in [1.807, 2.05) is 6.07 Å². The van der Waals surface area contributed by atoms with E-state index in [0.29, 0.717) is 4.90 Å². The molecule has 0 radical (unpaired) electrons. The lowest BCUT2D eigenvalue weighted by Crippen LogP contribution is -2.54. The van der Waals surface area contributed by atoms with Gasteiger partial charge >= 0.3 is 0 Å². The minimum Gasteiger partial charge on any atom is -0.368 e. The largest absolute Gasteiger partial charge is 0.368 e. The third kappa shape index (κ3) is 7.04. The third-order valence-electron chi connectivity index (χ3n) is 3.57. The minimum atomic E-state index is -1.29. The molecule has 0 aliphatic heterocycles. The quantitative estimate of drug-likeness (QED) is 0.582. The van der Waals surface area contributed by atoms with Crippen LogP contribution in [0.2, 0.25) is 0 Å². The molecular formula is C17H25N3O4S. The number of carbonyl (C=O) groups excluding carboxylic acids is 3. The molecule has 0 heterocycles. The maximum atomic E-state index is 12.3. The van der Waals surface area contributed by atoms with Gasteiger partial charge in [-0.05, 0) is 24.5 Å².